The molecule has 0 saturated carbocycles. The number of carbonyl (C=O) groups excluding carboxylic acids is 1. The summed E-state index contributed by atoms with van der Waals surface area (Å²) in [6.45, 7) is 4.04. The first-order chi connectivity index (χ1) is 8.49. The molecular weight excluding hydrogens is 256 g/mol. The summed E-state index contributed by atoms with van der Waals surface area (Å²) < 4.78 is 33.7. The van der Waals surface area contributed by atoms with Crippen molar-refractivity contribution in [3.05, 3.63) is 24.3 Å². The molecule has 6 heteroatoms. The molecule has 0 aliphatic heterocycles. The van der Waals surface area contributed by atoms with Crippen LogP contribution in [0.2, 0.25) is 0 Å². The molecule has 1 aromatic carbocycles. The van der Waals surface area contributed by atoms with E-state index in [1.807, 2.05) is 0 Å². The van der Waals surface area contributed by atoms with Gasteiger partial charge in [-0.2, -0.15) is 0 Å². The lowest BCUT2D eigenvalue weighted by Crippen LogP contribution is -2.18. The molecule has 1 rings (SSSR count). The van der Waals surface area contributed by atoms with Crippen LogP contribution in [0.4, 0.5) is 0 Å². The number of esters is 1. The van der Waals surface area contributed by atoms with Gasteiger partial charge in [-0.05, 0) is 32.0 Å². The minimum atomic E-state index is -3.68. The second-order valence-corrected chi connectivity index (χ2v) is 5.46. The Balaban J connectivity index is 2.90. The first kappa shape index (κ1) is 14.5. The number of benzene rings is 1. The zero-order chi connectivity index (χ0) is 13.6. The zero-order valence-corrected chi connectivity index (χ0v) is 11.2. The third-order valence-corrected chi connectivity index (χ3v) is 3.68. The topological polar surface area (TPSA) is 69.7 Å². The van der Waals surface area contributed by atoms with Crippen LogP contribution in [0.25, 0.3) is 0 Å². The van der Waals surface area contributed by atoms with E-state index in [1.54, 1.807) is 26.0 Å². The summed E-state index contributed by atoms with van der Waals surface area (Å²) in [6, 6.07) is 6.06. The molecule has 0 aromatic heterocycles. The molecule has 0 saturated heterocycles. The van der Waals surface area contributed by atoms with Gasteiger partial charge >= 0.3 is 5.97 Å². The standard InChI is InChI=1S/C12H16O5S/c1-3-16-10-6-5-7-11(8-10)18(14,15)9-12(13)17-4-2/h5-8H,3-4,9H2,1-2H3. The number of hydrogen-bond donors (Lipinski definition) is 0. The van der Waals surface area contributed by atoms with E-state index in [4.69, 9.17) is 4.74 Å². The molecule has 0 bridgehead atoms. The highest BCUT2D eigenvalue weighted by molar-refractivity contribution is 7.92. The maximum atomic E-state index is 11.9. The summed E-state index contributed by atoms with van der Waals surface area (Å²) in [5, 5.41) is 0. The Labute approximate surface area is 107 Å². The van der Waals surface area contributed by atoms with E-state index in [9.17, 15) is 13.2 Å². The molecule has 0 radical (unpaired) electrons. The van der Waals surface area contributed by atoms with E-state index in [0.29, 0.717) is 12.4 Å². The highest BCUT2D eigenvalue weighted by Crippen LogP contribution is 2.18. The summed E-state index contributed by atoms with van der Waals surface area (Å²) in [4.78, 5) is 11.3. The van der Waals surface area contributed by atoms with Gasteiger partial charge in [-0.25, -0.2) is 8.42 Å². The predicted octanol–water partition coefficient (Wildman–Crippen LogP) is 1.42. The van der Waals surface area contributed by atoms with Crippen molar-refractivity contribution in [2.24, 2.45) is 0 Å². The lowest BCUT2D eigenvalue weighted by atomic mass is 10.3. The number of ether oxygens (including phenoxy) is 2. The third-order valence-electron chi connectivity index (χ3n) is 2.09. The molecule has 0 amide bonds. The molecule has 0 fully saturated rings. The highest BCUT2D eigenvalue weighted by Gasteiger charge is 2.20. The third kappa shape index (κ3) is 4.03. The average Bonchev–Trinajstić information content (AvgIpc) is 2.29. The van der Waals surface area contributed by atoms with Gasteiger partial charge in [0.15, 0.2) is 15.6 Å². The largest absolute Gasteiger partial charge is 0.494 e. The number of rotatable bonds is 6. The van der Waals surface area contributed by atoms with Gasteiger partial charge in [-0.15, -0.1) is 0 Å². The van der Waals surface area contributed by atoms with Crippen LogP contribution in [0.5, 0.6) is 5.75 Å². The Kier molecular flexibility index (Phi) is 5.15. The molecule has 0 heterocycles. The minimum absolute atomic E-state index is 0.0569. The lowest BCUT2D eigenvalue weighted by molar-refractivity contribution is -0.139. The summed E-state index contributed by atoms with van der Waals surface area (Å²) in [7, 11) is -3.68. The molecule has 100 valence electrons. The van der Waals surface area contributed by atoms with Gasteiger partial charge in [0.25, 0.3) is 0 Å². The fourth-order valence-electron chi connectivity index (χ4n) is 1.37. The summed E-state index contributed by atoms with van der Waals surface area (Å²) in [6.07, 6.45) is 0. The van der Waals surface area contributed by atoms with E-state index in [0.717, 1.165) is 0 Å². The Bertz CT molecular complexity index is 507. The maximum Gasteiger partial charge on any atom is 0.321 e. The van der Waals surface area contributed by atoms with Crippen molar-refractivity contribution in [1.82, 2.24) is 0 Å². The van der Waals surface area contributed by atoms with Crippen molar-refractivity contribution >= 4 is 15.8 Å². The van der Waals surface area contributed by atoms with Gasteiger partial charge in [0.2, 0.25) is 0 Å². The Morgan fingerprint density at radius 1 is 1.22 bits per heavy atom. The van der Waals surface area contributed by atoms with Crippen LogP contribution in [0.3, 0.4) is 0 Å². The fourth-order valence-corrected chi connectivity index (χ4v) is 2.51. The zero-order valence-electron chi connectivity index (χ0n) is 10.4. The number of sulfone groups is 1. The minimum Gasteiger partial charge on any atom is -0.494 e. The van der Waals surface area contributed by atoms with Gasteiger partial charge < -0.3 is 9.47 Å². The van der Waals surface area contributed by atoms with Crippen LogP contribution in [0.15, 0.2) is 29.2 Å². The smallest absolute Gasteiger partial charge is 0.321 e. The summed E-state index contributed by atoms with van der Waals surface area (Å²) >= 11 is 0. The second kappa shape index (κ2) is 6.39. The van der Waals surface area contributed by atoms with Gasteiger partial charge in [0.1, 0.15) is 5.75 Å². The second-order valence-electron chi connectivity index (χ2n) is 3.47. The number of hydrogen-bond acceptors (Lipinski definition) is 5. The molecule has 0 aliphatic carbocycles. The van der Waals surface area contributed by atoms with Crippen molar-refractivity contribution in [3.8, 4) is 5.75 Å². The van der Waals surface area contributed by atoms with Gasteiger partial charge in [-0.1, -0.05) is 6.07 Å². The lowest BCUT2D eigenvalue weighted by Gasteiger charge is -2.07. The van der Waals surface area contributed by atoms with Crippen molar-refractivity contribution in [1.29, 1.82) is 0 Å². The Morgan fingerprint density at radius 3 is 2.56 bits per heavy atom. The van der Waals surface area contributed by atoms with E-state index < -0.39 is 21.6 Å². The van der Waals surface area contributed by atoms with Crippen LogP contribution < -0.4 is 4.74 Å². The normalized spacial score (nSPS) is 11.0. The van der Waals surface area contributed by atoms with E-state index in [2.05, 4.69) is 4.74 Å². The summed E-state index contributed by atoms with van der Waals surface area (Å²) in [5.41, 5.74) is 0. The van der Waals surface area contributed by atoms with Crippen LogP contribution in [-0.4, -0.2) is 33.4 Å². The predicted molar refractivity (Wildman–Crippen MR) is 66.3 cm³/mol. The highest BCUT2D eigenvalue weighted by atomic mass is 32.2. The summed E-state index contributed by atoms with van der Waals surface area (Å²) in [5.74, 6) is -0.946. The van der Waals surface area contributed by atoms with Crippen LogP contribution in [0, 0.1) is 0 Å². The average molecular weight is 272 g/mol. The van der Waals surface area contributed by atoms with Crippen molar-refractivity contribution < 1.29 is 22.7 Å². The monoisotopic (exact) mass is 272 g/mol. The van der Waals surface area contributed by atoms with Crippen LogP contribution >= 0.6 is 0 Å². The molecular formula is C12H16O5S. The van der Waals surface area contributed by atoms with E-state index in [-0.39, 0.29) is 11.5 Å². The quantitative estimate of drug-likeness (QED) is 0.732. The van der Waals surface area contributed by atoms with Crippen LogP contribution in [0.1, 0.15) is 13.8 Å². The van der Waals surface area contributed by atoms with Crippen molar-refractivity contribution in [3.63, 3.8) is 0 Å². The Hall–Kier alpha value is -1.56. The molecule has 1 aromatic rings. The van der Waals surface area contributed by atoms with Crippen molar-refractivity contribution in [2.75, 3.05) is 19.0 Å². The molecule has 0 aliphatic rings. The first-order valence-electron chi connectivity index (χ1n) is 5.60. The first-order valence-corrected chi connectivity index (χ1v) is 7.26. The Morgan fingerprint density at radius 2 is 1.94 bits per heavy atom. The van der Waals surface area contributed by atoms with E-state index >= 15 is 0 Å². The fraction of sp³-hybridized carbons (Fsp3) is 0.417. The molecule has 0 spiro atoms. The molecule has 0 N–H and O–H groups in total. The van der Waals surface area contributed by atoms with E-state index in [1.165, 1.54) is 12.1 Å². The van der Waals surface area contributed by atoms with Crippen LogP contribution in [-0.2, 0) is 19.4 Å². The molecule has 5 nitrogen and oxygen atoms in total. The van der Waals surface area contributed by atoms with Gasteiger partial charge in [0, 0.05) is 0 Å². The number of carbonyl (C=O) groups is 1. The van der Waals surface area contributed by atoms with Gasteiger partial charge in [-0.3, -0.25) is 4.79 Å². The SMILES string of the molecule is CCOC(=O)CS(=O)(=O)c1cccc(OCC)c1. The molecule has 0 atom stereocenters. The maximum absolute atomic E-state index is 11.9. The molecule has 0 unspecified atom stereocenters. The van der Waals surface area contributed by atoms with Gasteiger partial charge in [0.05, 0.1) is 18.1 Å². The molecule has 18 heavy (non-hydrogen) atoms. The van der Waals surface area contributed by atoms with Crippen molar-refractivity contribution in [2.45, 2.75) is 18.7 Å².